The number of anilines is 1. The SMILES string of the molecule is Cc1cc(NC2CCCCC2C)ccc1C(=O)O. The van der Waals surface area contributed by atoms with Crippen LogP contribution in [-0.4, -0.2) is 17.1 Å². The number of carboxylic acids is 1. The van der Waals surface area contributed by atoms with E-state index in [0.29, 0.717) is 17.5 Å². The number of hydrogen-bond donors (Lipinski definition) is 2. The van der Waals surface area contributed by atoms with Crippen molar-refractivity contribution in [3.05, 3.63) is 29.3 Å². The topological polar surface area (TPSA) is 49.3 Å². The molecule has 2 rings (SSSR count). The number of carbonyl (C=O) groups is 1. The Labute approximate surface area is 108 Å². The Hall–Kier alpha value is -1.51. The molecule has 1 fully saturated rings. The third-order valence-corrected chi connectivity index (χ3v) is 3.92. The highest BCUT2D eigenvalue weighted by Gasteiger charge is 2.21. The highest BCUT2D eigenvalue weighted by atomic mass is 16.4. The van der Waals surface area contributed by atoms with Crippen LogP contribution in [-0.2, 0) is 0 Å². The number of benzene rings is 1. The summed E-state index contributed by atoms with van der Waals surface area (Å²) in [5.41, 5.74) is 2.24. The molecule has 1 aliphatic rings. The van der Waals surface area contributed by atoms with Gasteiger partial charge < -0.3 is 10.4 Å². The predicted molar refractivity (Wildman–Crippen MR) is 73.2 cm³/mol. The molecule has 18 heavy (non-hydrogen) atoms. The Bertz CT molecular complexity index is 442. The maximum Gasteiger partial charge on any atom is 0.335 e. The summed E-state index contributed by atoms with van der Waals surface area (Å²) in [6.45, 7) is 4.13. The van der Waals surface area contributed by atoms with Crippen LogP contribution < -0.4 is 5.32 Å². The van der Waals surface area contributed by atoms with Crippen LogP contribution in [0.4, 0.5) is 5.69 Å². The van der Waals surface area contributed by atoms with Gasteiger partial charge in [-0.1, -0.05) is 19.8 Å². The Morgan fingerprint density at radius 3 is 2.67 bits per heavy atom. The highest BCUT2D eigenvalue weighted by Crippen LogP contribution is 2.27. The monoisotopic (exact) mass is 247 g/mol. The largest absolute Gasteiger partial charge is 0.478 e. The third kappa shape index (κ3) is 2.84. The van der Waals surface area contributed by atoms with Crippen LogP contribution >= 0.6 is 0 Å². The number of hydrogen-bond acceptors (Lipinski definition) is 2. The fourth-order valence-corrected chi connectivity index (χ4v) is 2.74. The van der Waals surface area contributed by atoms with Gasteiger partial charge in [-0.15, -0.1) is 0 Å². The van der Waals surface area contributed by atoms with Crippen LogP contribution in [0.15, 0.2) is 18.2 Å². The van der Waals surface area contributed by atoms with E-state index in [4.69, 9.17) is 5.11 Å². The summed E-state index contributed by atoms with van der Waals surface area (Å²) in [5.74, 6) is -0.164. The van der Waals surface area contributed by atoms with Crippen molar-refractivity contribution < 1.29 is 9.90 Å². The molecule has 0 bridgehead atoms. The van der Waals surface area contributed by atoms with Crippen molar-refractivity contribution in [1.82, 2.24) is 0 Å². The molecule has 1 aliphatic carbocycles. The van der Waals surface area contributed by atoms with Gasteiger partial charge in [0.1, 0.15) is 0 Å². The predicted octanol–water partition coefficient (Wildman–Crippen LogP) is 3.68. The minimum Gasteiger partial charge on any atom is -0.478 e. The van der Waals surface area contributed by atoms with Gasteiger partial charge in [0, 0.05) is 11.7 Å². The summed E-state index contributed by atoms with van der Waals surface area (Å²) >= 11 is 0. The molecule has 1 aromatic rings. The van der Waals surface area contributed by atoms with Gasteiger partial charge in [-0.05, 0) is 49.4 Å². The summed E-state index contributed by atoms with van der Waals surface area (Å²) < 4.78 is 0. The lowest BCUT2D eigenvalue weighted by Gasteiger charge is -2.30. The summed E-state index contributed by atoms with van der Waals surface area (Å²) in [4.78, 5) is 11.0. The second-order valence-corrected chi connectivity index (χ2v) is 5.35. The molecule has 3 heteroatoms. The molecule has 2 N–H and O–H groups in total. The van der Waals surface area contributed by atoms with E-state index in [1.807, 2.05) is 19.1 Å². The van der Waals surface area contributed by atoms with E-state index in [9.17, 15) is 4.79 Å². The molecule has 1 aromatic carbocycles. The Kier molecular flexibility index (Phi) is 3.90. The summed E-state index contributed by atoms with van der Waals surface area (Å²) in [7, 11) is 0. The maximum absolute atomic E-state index is 11.0. The first kappa shape index (κ1) is 12.9. The standard InChI is InChI=1S/C15H21NO2/c1-10-5-3-4-6-14(10)16-12-7-8-13(15(17)18)11(2)9-12/h7-10,14,16H,3-6H2,1-2H3,(H,17,18). The van der Waals surface area contributed by atoms with E-state index in [1.54, 1.807) is 6.07 Å². The lowest BCUT2D eigenvalue weighted by Crippen LogP contribution is -2.30. The Balaban J connectivity index is 2.10. The number of rotatable bonds is 3. The van der Waals surface area contributed by atoms with Gasteiger partial charge in [0.15, 0.2) is 0 Å². The first-order chi connectivity index (χ1) is 8.58. The third-order valence-electron chi connectivity index (χ3n) is 3.92. The molecule has 0 aliphatic heterocycles. The fourth-order valence-electron chi connectivity index (χ4n) is 2.74. The van der Waals surface area contributed by atoms with E-state index >= 15 is 0 Å². The van der Waals surface area contributed by atoms with Gasteiger partial charge >= 0.3 is 5.97 Å². The normalized spacial score (nSPS) is 23.7. The van der Waals surface area contributed by atoms with Crippen LogP contribution in [0, 0.1) is 12.8 Å². The van der Waals surface area contributed by atoms with E-state index < -0.39 is 5.97 Å². The molecule has 98 valence electrons. The van der Waals surface area contributed by atoms with Crippen molar-refractivity contribution in [2.75, 3.05) is 5.32 Å². The van der Waals surface area contributed by atoms with Gasteiger partial charge in [-0.25, -0.2) is 4.79 Å². The van der Waals surface area contributed by atoms with E-state index in [1.165, 1.54) is 25.7 Å². The minimum absolute atomic E-state index is 0.386. The van der Waals surface area contributed by atoms with Gasteiger partial charge in [0.2, 0.25) is 0 Å². The van der Waals surface area contributed by atoms with Gasteiger partial charge in [0.25, 0.3) is 0 Å². The van der Waals surface area contributed by atoms with Crippen LogP contribution in [0.25, 0.3) is 0 Å². The lowest BCUT2D eigenvalue weighted by molar-refractivity contribution is 0.0696. The number of aryl methyl sites for hydroxylation is 1. The van der Waals surface area contributed by atoms with Crippen molar-refractivity contribution in [2.24, 2.45) is 5.92 Å². The quantitative estimate of drug-likeness (QED) is 0.856. The lowest BCUT2D eigenvalue weighted by atomic mass is 9.86. The van der Waals surface area contributed by atoms with Gasteiger partial charge in [-0.2, -0.15) is 0 Å². The molecule has 0 spiro atoms. The minimum atomic E-state index is -0.856. The molecule has 3 nitrogen and oxygen atoms in total. The van der Waals surface area contributed by atoms with Crippen molar-refractivity contribution in [2.45, 2.75) is 45.6 Å². The summed E-state index contributed by atoms with van der Waals surface area (Å²) in [6, 6.07) is 6.02. The van der Waals surface area contributed by atoms with E-state index in [-0.39, 0.29) is 0 Å². The van der Waals surface area contributed by atoms with Crippen LogP contribution in [0.2, 0.25) is 0 Å². The molecule has 1 saturated carbocycles. The highest BCUT2D eigenvalue weighted by molar-refractivity contribution is 5.89. The molecular formula is C15H21NO2. The average Bonchev–Trinajstić information content (AvgIpc) is 2.32. The molecule has 0 aromatic heterocycles. The smallest absolute Gasteiger partial charge is 0.335 e. The zero-order chi connectivity index (χ0) is 13.1. The van der Waals surface area contributed by atoms with Crippen LogP contribution in [0.1, 0.15) is 48.5 Å². The molecular weight excluding hydrogens is 226 g/mol. The maximum atomic E-state index is 11.0. The second-order valence-electron chi connectivity index (χ2n) is 5.35. The van der Waals surface area contributed by atoms with Crippen molar-refractivity contribution >= 4 is 11.7 Å². The molecule has 2 atom stereocenters. The Morgan fingerprint density at radius 2 is 2.06 bits per heavy atom. The average molecular weight is 247 g/mol. The molecule has 0 amide bonds. The Morgan fingerprint density at radius 1 is 1.33 bits per heavy atom. The first-order valence-corrected chi connectivity index (χ1v) is 6.68. The molecule has 2 unspecified atom stereocenters. The second kappa shape index (κ2) is 5.42. The van der Waals surface area contributed by atoms with Gasteiger partial charge in [0.05, 0.1) is 5.56 Å². The molecule has 0 radical (unpaired) electrons. The van der Waals surface area contributed by atoms with E-state index in [2.05, 4.69) is 12.2 Å². The molecule has 0 saturated heterocycles. The zero-order valence-electron chi connectivity index (χ0n) is 11.1. The van der Waals surface area contributed by atoms with Crippen molar-refractivity contribution in [3.8, 4) is 0 Å². The van der Waals surface area contributed by atoms with E-state index in [0.717, 1.165) is 11.3 Å². The summed E-state index contributed by atoms with van der Waals surface area (Å²) in [5, 5.41) is 12.5. The first-order valence-electron chi connectivity index (χ1n) is 6.68. The fraction of sp³-hybridized carbons (Fsp3) is 0.533. The zero-order valence-corrected chi connectivity index (χ0v) is 11.1. The van der Waals surface area contributed by atoms with Crippen molar-refractivity contribution in [3.63, 3.8) is 0 Å². The van der Waals surface area contributed by atoms with Gasteiger partial charge in [-0.3, -0.25) is 0 Å². The van der Waals surface area contributed by atoms with Crippen LogP contribution in [0.5, 0.6) is 0 Å². The number of carboxylic acid groups (broad SMARTS) is 1. The van der Waals surface area contributed by atoms with Crippen molar-refractivity contribution in [1.29, 1.82) is 0 Å². The number of aromatic carboxylic acids is 1. The number of nitrogens with one attached hydrogen (secondary N) is 1. The van der Waals surface area contributed by atoms with Crippen LogP contribution in [0.3, 0.4) is 0 Å². The molecule has 0 heterocycles. The summed E-state index contributed by atoms with van der Waals surface area (Å²) in [6.07, 6.45) is 5.11.